The normalized spacial score (nSPS) is 10.5. The molecule has 0 unspecified atom stereocenters. The first-order valence-corrected chi connectivity index (χ1v) is 8.04. The number of anilines is 1. The maximum Gasteiger partial charge on any atom is 0.275 e. The van der Waals surface area contributed by atoms with Gasteiger partial charge in [0.1, 0.15) is 11.4 Å². The highest BCUT2D eigenvalue weighted by molar-refractivity contribution is 7.11. The maximum atomic E-state index is 12.5. The summed E-state index contributed by atoms with van der Waals surface area (Å²) >= 11 is 1.52. The molecule has 0 aliphatic heterocycles. The van der Waals surface area contributed by atoms with E-state index >= 15 is 0 Å². The molecule has 2 aromatic carbocycles. The maximum absolute atomic E-state index is 12.5. The molecular weight excluding hydrogens is 308 g/mol. The Bertz CT molecular complexity index is 828. The number of phenolic OH excluding ortho intramolecular Hbond substituents is 1. The number of hydrogen-bond acceptors (Lipinski definition) is 4. The molecule has 3 rings (SSSR count). The van der Waals surface area contributed by atoms with E-state index in [9.17, 15) is 9.90 Å². The Morgan fingerprint density at radius 2 is 1.83 bits per heavy atom. The van der Waals surface area contributed by atoms with Gasteiger partial charge >= 0.3 is 0 Å². The largest absolute Gasteiger partial charge is 0.506 e. The van der Waals surface area contributed by atoms with E-state index in [0.717, 1.165) is 15.4 Å². The number of nitrogens with zero attached hydrogens (tertiary/aromatic N) is 1. The first-order chi connectivity index (χ1) is 11.1. The van der Waals surface area contributed by atoms with Crippen LogP contribution in [0.2, 0.25) is 0 Å². The highest BCUT2D eigenvalue weighted by Crippen LogP contribution is 2.25. The van der Waals surface area contributed by atoms with Crippen molar-refractivity contribution >= 4 is 22.9 Å². The van der Waals surface area contributed by atoms with Crippen molar-refractivity contribution in [2.24, 2.45) is 0 Å². The van der Waals surface area contributed by atoms with Crippen molar-refractivity contribution in [2.75, 3.05) is 5.32 Å². The lowest BCUT2D eigenvalue weighted by atomic mass is 10.1. The lowest BCUT2D eigenvalue weighted by Gasteiger charge is -2.07. The summed E-state index contributed by atoms with van der Waals surface area (Å²) in [5, 5.41) is 13.4. The number of para-hydroxylation sites is 2. The summed E-state index contributed by atoms with van der Waals surface area (Å²) < 4.78 is 0. The molecule has 2 N–H and O–H groups in total. The third-order valence-corrected chi connectivity index (χ3v) is 4.35. The molecule has 1 aromatic heterocycles. The molecule has 116 valence electrons. The van der Waals surface area contributed by atoms with Crippen molar-refractivity contribution < 1.29 is 9.90 Å². The zero-order valence-corrected chi connectivity index (χ0v) is 13.4. The standard InChI is InChI=1S/C18H16N2O2S/c1-12-19-17(16(23-12)11-13-7-3-2-4-8-13)18(22)20-14-9-5-6-10-15(14)21/h2-10,21H,11H2,1H3,(H,20,22). The molecule has 0 radical (unpaired) electrons. The van der Waals surface area contributed by atoms with Gasteiger partial charge in [-0.25, -0.2) is 4.98 Å². The monoisotopic (exact) mass is 324 g/mol. The van der Waals surface area contributed by atoms with E-state index in [1.54, 1.807) is 18.2 Å². The van der Waals surface area contributed by atoms with Gasteiger partial charge in [0.15, 0.2) is 0 Å². The molecule has 0 bridgehead atoms. The van der Waals surface area contributed by atoms with Crippen LogP contribution in [0.3, 0.4) is 0 Å². The number of thiazole rings is 1. The van der Waals surface area contributed by atoms with Gasteiger partial charge in [-0.05, 0) is 24.6 Å². The Morgan fingerprint density at radius 1 is 1.13 bits per heavy atom. The van der Waals surface area contributed by atoms with E-state index in [1.165, 1.54) is 17.4 Å². The number of carbonyl (C=O) groups excluding carboxylic acids is 1. The van der Waals surface area contributed by atoms with Crippen LogP contribution in [0, 0.1) is 6.92 Å². The highest BCUT2D eigenvalue weighted by atomic mass is 32.1. The SMILES string of the molecule is Cc1nc(C(=O)Nc2ccccc2O)c(Cc2ccccc2)s1. The van der Waals surface area contributed by atoms with Crippen LogP contribution in [-0.2, 0) is 6.42 Å². The molecule has 5 heteroatoms. The van der Waals surface area contributed by atoms with Crippen molar-refractivity contribution in [1.29, 1.82) is 0 Å². The second-order valence-corrected chi connectivity index (χ2v) is 6.43. The molecular formula is C18H16N2O2S. The Labute approximate surface area is 138 Å². The smallest absolute Gasteiger partial charge is 0.275 e. The summed E-state index contributed by atoms with van der Waals surface area (Å²) in [7, 11) is 0. The highest BCUT2D eigenvalue weighted by Gasteiger charge is 2.18. The number of amides is 1. The van der Waals surface area contributed by atoms with Gasteiger partial charge in [-0.2, -0.15) is 0 Å². The van der Waals surface area contributed by atoms with Crippen molar-refractivity contribution in [1.82, 2.24) is 4.98 Å². The van der Waals surface area contributed by atoms with E-state index < -0.39 is 0 Å². The van der Waals surface area contributed by atoms with Crippen LogP contribution in [0.25, 0.3) is 0 Å². The molecule has 1 amide bonds. The number of hydrogen-bond donors (Lipinski definition) is 2. The Morgan fingerprint density at radius 3 is 2.57 bits per heavy atom. The van der Waals surface area contributed by atoms with Gasteiger partial charge in [0.2, 0.25) is 0 Å². The van der Waals surface area contributed by atoms with E-state index in [4.69, 9.17) is 0 Å². The molecule has 0 spiro atoms. The van der Waals surface area contributed by atoms with Crippen LogP contribution in [-0.4, -0.2) is 16.0 Å². The fourth-order valence-electron chi connectivity index (χ4n) is 2.31. The first kappa shape index (κ1) is 15.2. The minimum absolute atomic E-state index is 0.0393. The zero-order valence-electron chi connectivity index (χ0n) is 12.6. The first-order valence-electron chi connectivity index (χ1n) is 7.23. The van der Waals surface area contributed by atoms with E-state index in [-0.39, 0.29) is 11.7 Å². The zero-order chi connectivity index (χ0) is 16.2. The van der Waals surface area contributed by atoms with Gasteiger partial charge in [0.05, 0.1) is 10.7 Å². The molecule has 23 heavy (non-hydrogen) atoms. The molecule has 3 aromatic rings. The fourth-order valence-corrected chi connectivity index (χ4v) is 3.28. The Hall–Kier alpha value is -2.66. The molecule has 0 aliphatic carbocycles. The van der Waals surface area contributed by atoms with Gasteiger partial charge in [-0.15, -0.1) is 11.3 Å². The summed E-state index contributed by atoms with van der Waals surface area (Å²) in [5.74, 6) is -0.265. The van der Waals surface area contributed by atoms with Crippen molar-refractivity contribution in [3.8, 4) is 5.75 Å². The molecule has 0 aliphatic rings. The topological polar surface area (TPSA) is 62.2 Å². The van der Waals surface area contributed by atoms with Gasteiger partial charge in [-0.3, -0.25) is 4.79 Å². The molecule has 0 atom stereocenters. The number of aromatic hydroxyl groups is 1. The Kier molecular flexibility index (Phi) is 4.39. The minimum atomic E-state index is -0.304. The Balaban J connectivity index is 1.85. The van der Waals surface area contributed by atoms with Crippen molar-refractivity contribution in [2.45, 2.75) is 13.3 Å². The van der Waals surface area contributed by atoms with Gasteiger partial charge in [0.25, 0.3) is 5.91 Å². The van der Waals surface area contributed by atoms with Crippen LogP contribution in [0.1, 0.15) is 25.9 Å². The molecule has 0 fully saturated rings. The molecule has 0 saturated carbocycles. The van der Waals surface area contributed by atoms with Crippen LogP contribution in [0.15, 0.2) is 54.6 Å². The van der Waals surface area contributed by atoms with Crippen LogP contribution >= 0.6 is 11.3 Å². The van der Waals surface area contributed by atoms with Gasteiger partial charge in [0, 0.05) is 11.3 Å². The summed E-state index contributed by atoms with van der Waals surface area (Å²) in [5.41, 5.74) is 1.93. The fraction of sp³-hybridized carbons (Fsp3) is 0.111. The summed E-state index contributed by atoms with van der Waals surface area (Å²) in [4.78, 5) is 17.8. The molecule has 4 nitrogen and oxygen atoms in total. The van der Waals surface area contributed by atoms with Gasteiger partial charge in [-0.1, -0.05) is 42.5 Å². The minimum Gasteiger partial charge on any atom is -0.506 e. The van der Waals surface area contributed by atoms with Crippen LogP contribution in [0.4, 0.5) is 5.69 Å². The lowest BCUT2D eigenvalue weighted by Crippen LogP contribution is -2.14. The number of aryl methyl sites for hydroxylation is 1. The average Bonchev–Trinajstić information content (AvgIpc) is 2.91. The number of phenols is 1. The molecule has 0 saturated heterocycles. The molecule has 1 heterocycles. The third-order valence-electron chi connectivity index (χ3n) is 3.38. The third kappa shape index (κ3) is 3.57. The predicted molar refractivity (Wildman–Crippen MR) is 92.2 cm³/mol. The van der Waals surface area contributed by atoms with Crippen molar-refractivity contribution in [3.05, 3.63) is 75.7 Å². The number of carbonyl (C=O) groups is 1. The quantitative estimate of drug-likeness (QED) is 0.713. The average molecular weight is 324 g/mol. The van der Waals surface area contributed by atoms with Crippen molar-refractivity contribution in [3.63, 3.8) is 0 Å². The number of aromatic nitrogens is 1. The number of nitrogens with one attached hydrogen (secondary N) is 1. The summed E-state index contributed by atoms with van der Waals surface area (Å²) in [6.07, 6.45) is 0.663. The second kappa shape index (κ2) is 6.62. The van der Waals surface area contributed by atoms with E-state index in [2.05, 4.69) is 10.3 Å². The number of benzene rings is 2. The number of rotatable bonds is 4. The van der Waals surface area contributed by atoms with Gasteiger partial charge < -0.3 is 10.4 Å². The summed E-state index contributed by atoms with van der Waals surface area (Å²) in [6, 6.07) is 16.6. The van der Waals surface area contributed by atoms with E-state index in [0.29, 0.717) is 17.8 Å². The van der Waals surface area contributed by atoms with Crippen LogP contribution < -0.4 is 5.32 Å². The second-order valence-electron chi connectivity index (χ2n) is 5.14. The van der Waals surface area contributed by atoms with Crippen LogP contribution in [0.5, 0.6) is 5.75 Å². The predicted octanol–water partition coefficient (Wildman–Crippen LogP) is 4.00. The lowest BCUT2D eigenvalue weighted by molar-refractivity contribution is 0.102. The summed E-state index contributed by atoms with van der Waals surface area (Å²) in [6.45, 7) is 1.88. The van der Waals surface area contributed by atoms with E-state index in [1.807, 2.05) is 37.3 Å².